The fraction of sp³-hybridized carbons (Fsp3) is 0.300. The molecule has 1 aliphatic rings. The smallest absolute Gasteiger partial charge is 0.140 e. The first-order valence-electron chi connectivity index (χ1n) is 9.22. The van der Waals surface area contributed by atoms with Crippen molar-refractivity contribution in [2.45, 2.75) is 25.3 Å². The number of aromatic nitrogens is 5. The van der Waals surface area contributed by atoms with Crippen LogP contribution in [0.4, 0.5) is 5.82 Å². The van der Waals surface area contributed by atoms with Crippen LogP contribution >= 0.6 is 11.3 Å². The zero-order valence-corrected chi connectivity index (χ0v) is 15.7. The molecule has 0 aliphatic carbocycles. The molecule has 5 rings (SSSR count). The maximum Gasteiger partial charge on any atom is 0.140 e. The summed E-state index contributed by atoms with van der Waals surface area (Å²) in [4.78, 5) is 21.6. The first kappa shape index (κ1) is 16.4. The van der Waals surface area contributed by atoms with E-state index in [0.29, 0.717) is 5.92 Å². The number of piperidine rings is 1. The van der Waals surface area contributed by atoms with Gasteiger partial charge in [0.25, 0.3) is 0 Å². The van der Waals surface area contributed by atoms with Crippen molar-refractivity contribution in [3.05, 3.63) is 66.1 Å². The molecular weight excluding hydrogens is 356 g/mol. The lowest BCUT2D eigenvalue weighted by molar-refractivity contribution is 0.474. The van der Waals surface area contributed by atoms with Crippen molar-refractivity contribution in [3.8, 4) is 0 Å². The maximum absolute atomic E-state index is 4.69. The fourth-order valence-electron chi connectivity index (χ4n) is 3.89. The Kier molecular flexibility index (Phi) is 4.29. The van der Waals surface area contributed by atoms with Crippen molar-refractivity contribution >= 4 is 27.4 Å². The summed E-state index contributed by atoms with van der Waals surface area (Å²) in [6.45, 7) is 2.72. The highest BCUT2D eigenvalue weighted by molar-refractivity contribution is 7.16. The Morgan fingerprint density at radius 2 is 2.07 bits per heavy atom. The van der Waals surface area contributed by atoms with E-state index < -0.39 is 0 Å². The molecule has 0 N–H and O–H groups in total. The summed E-state index contributed by atoms with van der Waals surface area (Å²) in [6.07, 6.45) is 9.77. The predicted molar refractivity (Wildman–Crippen MR) is 107 cm³/mol. The van der Waals surface area contributed by atoms with Gasteiger partial charge in [-0.25, -0.2) is 15.0 Å². The lowest BCUT2D eigenvalue weighted by Crippen LogP contribution is -2.36. The lowest BCUT2D eigenvalue weighted by atomic mass is 9.97. The Bertz CT molecular complexity index is 1040. The van der Waals surface area contributed by atoms with E-state index in [1.54, 1.807) is 17.7 Å². The van der Waals surface area contributed by atoms with Gasteiger partial charge in [0.1, 0.15) is 22.8 Å². The Morgan fingerprint density at radius 1 is 1.07 bits per heavy atom. The zero-order valence-electron chi connectivity index (χ0n) is 14.9. The van der Waals surface area contributed by atoms with E-state index in [9.17, 15) is 0 Å². The van der Waals surface area contributed by atoms with Gasteiger partial charge >= 0.3 is 0 Å². The van der Waals surface area contributed by atoms with Gasteiger partial charge in [0, 0.05) is 37.6 Å². The minimum atomic E-state index is 0.390. The second-order valence-electron chi connectivity index (χ2n) is 6.86. The monoisotopic (exact) mass is 376 g/mol. The first-order chi connectivity index (χ1) is 13.4. The van der Waals surface area contributed by atoms with Crippen LogP contribution in [-0.2, 0) is 6.54 Å². The van der Waals surface area contributed by atoms with Crippen LogP contribution in [0.2, 0.25) is 0 Å². The molecule has 27 heavy (non-hydrogen) atoms. The van der Waals surface area contributed by atoms with Crippen LogP contribution in [0.1, 0.15) is 30.3 Å². The Balaban J connectivity index is 1.41. The molecule has 4 aromatic heterocycles. The number of hydrogen-bond acceptors (Lipinski definition) is 6. The summed E-state index contributed by atoms with van der Waals surface area (Å²) in [5.41, 5.74) is 1.06. The summed E-state index contributed by atoms with van der Waals surface area (Å²) in [7, 11) is 0. The molecule has 4 aromatic rings. The number of fused-ring (bicyclic) bond motifs is 1. The number of hydrogen-bond donors (Lipinski definition) is 0. The second-order valence-corrected chi connectivity index (χ2v) is 7.75. The van der Waals surface area contributed by atoms with Gasteiger partial charge in [0.05, 0.1) is 17.6 Å². The third kappa shape index (κ3) is 3.19. The van der Waals surface area contributed by atoms with Gasteiger partial charge in [0.2, 0.25) is 0 Å². The normalized spacial score (nSPS) is 17.5. The molecule has 1 atom stereocenters. The topological polar surface area (TPSA) is 59.7 Å². The molecule has 0 amide bonds. The highest BCUT2D eigenvalue weighted by Gasteiger charge is 2.26. The van der Waals surface area contributed by atoms with E-state index in [1.807, 2.05) is 24.5 Å². The van der Waals surface area contributed by atoms with Crippen molar-refractivity contribution in [2.75, 3.05) is 18.0 Å². The minimum Gasteiger partial charge on any atom is -0.355 e. The molecular formula is C20H20N6S. The molecule has 7 heteroatoms. The lowest BCUT2D eigenvalue weighted by Gasteiger charge is -2.33. The van der Waals surface area contributed by atoms with Crippen LogP contribution in [0, 0.1) is 0 Å². The SMILES string of the molecule is c1ccc(Cn2ccnc2[C@H]2CCCN(c3ncnc4sccc34)C2)nc1. The average Bonchev–Trinajstić information content (AvgIpc) is 3.38. The van der Waals surface area contributed by atoms with E-state index in [1.165, 1.54) is 0 Å². The Labute approximate surface area is 161 Å². The number of pyridine rings is 1. The molecule has 1 fully saturated rings. The number of thiophene rings is 1. The Hall–Kier alpha value is -2.80. The van der Waals surface area contributed by atoms with Gasteiger partial charge in [-0.15, -0.1) is 11.3 Å². The van der Waals surface area contributed by atoms with Gasteiger partial charge in [-0.2, -0.15) is 0 Å². The fourth-order valence-corrected chi connectivity index (χ4v) is 4.62. The van der Waals surface area contributed by atoms with Crippen molar-refractivity contribution < 1.29 is 0 Å². The van der Waals surface area contributed by atoms with Gasteiger partial charge in [-0.3, -0.25) is 4.98 Å². The zero-order chi connectivity index (χ0) is 18.1. The van der Waals surface area contributed by atoms with Crippen molar-refractivity contribution in [2.24, 2.45) is 0 Å². The third-order valence-electron chi connectivity index (χ3n) is 5.13. The van der Waals surface area contributed by atoms with E-state index >= 15 is 0 Å². The van der Waals surface area contributed by atoms with Crippen LogP contribution < -0.4 is 4.90 Å². The Morgan fingerprint density at radius 3 is 3.00 bits per heavy atom. The standard InChI is InChI=1S/C20H20N6S/c1-2-7-21-16(5-1)13-26-10-8-22-18(26)15-4-3-9-25(12-15)19-17-6-11-27-20(17)24-14-23-19/h1-2,5-8,10-11,14-15H,3-4,9,12-13H2/t15-/m0/s1. The molecule has 1 aliphatic heterocycles. The second kappa shape index (κ2) is 7.08. The van der Waals surface area contributed by atoms with E-state index in [2.05, 4.69) is 48.1 Å². The molecule has 1 saturated heterocycles. The van der Waals surface area contributed by atoms with Crippen molar-refractivity contribution in [1.29, 1.82) is 0 Å². The largest absolute Gasteiger partial charge is 0.355 e. The predicted octanol–water partition coefficient (Wildman–Crippen LogP) is 3.72. The summed E-state index contributed by atoms with van der Waals surface area (Å²) in [5.74, 6) is 2.58. The molecule has 0 bridgehead atoms. The van der Waals surface area contributed by atoms with Crippen molar-refractivity contribution in [1.82, 2.24) is 24.5 Å². The molecule has 6 nitrogen and oxygen atoms in total. The minimum absolute atomic E-state index is 0.390. The third-order valence-corrected chi connectivity index (χ3v) is 5.95. The van der Waals surface area contributed by atoms with Gasteiger partial charge < -0.3 is 9.47 Å². The van der Waals surface area contributed by atoms with Crippen LogP contribution in [0.5, 0.6) is 0 Å². The number of rotatable bonds is 4. The molecule has 136 valence electrons. The van der Waals surface area contributed by atoms with Crippen LogP contribution in [-0.4, -0.2) is 37.6 Å². The molecule has 5 heterocycles. The van der Waals surface area contributed by atoms with Crippen LogP contribution in [0.15, 0.2) is 54.6 Å². The van der Waals surface area contributed by atoms with Crippen molar-refractivity contribution in [3.63, 3.8) is 0 Å². The maximum atomic E-state index is 4.69. The average molecular weight is 376 g/mol. The highest BCUT2D eigenvalue weighted by Crippen LogP contribution is 2.32. The van der Waals surface area contributed by atoms with Crippen LogP contribution in [0.25, 0.3) is 10.2 Å². The van der Waals surface area contributed by atoms with Gasteiger partial charge in [0.15, 0.2) is 0 Å². The molecule has 0 radical (unpaired) electrons. The summed E-state index contributed by atoms with van der Waals surface area (Å²) in [5, 5.41) is 3.24. The van der Waals surface area contributed by atoms with Gasteiger partial charge in [-0.1, -0.05) is 6.07 Å². The number of nitrogens with zero attached hydrogens (tertiary/aromatic N) is 6. The van der Waals surface area contributed by atoms with Crippen LogP contribution in [0.3, 0.4) is 0 Å². The molecule has 0 aromatic carbocycles. The quantitative estimate of drug-likeness (QED) is 0.543. The number of anilines is 1. The number of imidazole rings is 1. The van der Waals surface area contributed by atoms with Gasteiger partial charge in [-0.05, 0) is 36.4 Å². The van der Waals surface area contributed by atoms with E-state index in [0.717, 1.165) is 60.0 Å². The summed E-state index contributed by atoms with van der Waals surface area (Å²) >= 11 is 1.67. The van der Waals surface area contributed by atoms with E-state index in [4.69, 9.17) is 4.98 Å². The molecule has 0 spiro atoms. The summed E-state index contributed by atoms with van der Waals surface area (Å²) < 4.78 is 2.23. The first-order valence-corrected chi connectivity index (χ1v) is 10.1. The highest BCUT2D eigenvalue weighted by atomic mass is 32.1. The molecule has 0 saturated carbocycles. The van der Waals surface area contributed by atoms with E-state index in [-0.39, 0.29) is 0 Å². The summed E-state index contributed by atoms with van der Waals surface area (Å²) in [6, 6.07) is 8.17. The molecule has 0 unspecified atom stereocenters.